The molecule has 2 aromatic carbocycles. The Bertz CT molecular complexity index is 987. The highest BCUT2D eigenvalue weighted by Gasteiger charge is 2.40. The van der Waals surface area contributed by atoms with E-state index in [2.05, 4.69) is 10.0 Å². The van der Waals surface area contributed by atoms with Crippen molar-refractivity contribution in [1.82, 2.24) is 4.90 Å². The van der Waals surface area contributed by atoms with Crippen molar-refractivity contribution >= 4 is 12.0 Å². The van der Waals surface area contributed by atoms with Gasteiger partial charge in [-0.05, 0) is 29.5 Å². The van der Waals surface area contributed by atoms with Gasteiger partial charge in [-0.25, -0.2) is 9.18 Å². The summed E-state index contributed by atoms with van der Waals surface area (Å²) in [7, 11) is 0. The van der Waals surface area contributed by atoms with Crippen LogP contribution in [0.15, 0.2) is 65.8 Å². The second kappa shape index (κ2) is 12.6. The molecule has 0 aliphatic carbocycles. The van der Waals surface area contributed by atoms with Crippen LogP contribution in [0.1, 0.15) is 30.9 Å². The van der Waals surface area contributed by atoms with E-state index in [1.807, 2.05) is 60.7 Å². The molecular formula is C24H28FN5O4. The van der Waals surface area contributed by atoms with Crippen molar-refractivity contribution in [3.05, 3.63) is 82.2 Å². The molecule has 1 N–H and O–H groups in total. The van der Waals surface area contributed by atoms with E-state index in [9.17, 15) is 9.18 Å². The largest absolute Gasteiger partial charge is 0.452 e. The Morgan fingerprint density at radius 2 is 1.85 bits per heavy atom. The SMILES string of the molecule is CC(=N)OC1O[C@H]([C@@H](CF)N(Cc2ccccc2)C(=O)OCc2ccccc2)CC[C@@H]1N=[N+]=[N-]. The first-order chi connectivity index (χ1) is 16.5. The molecule has 1 saturated heterocycles. The minimum absolute atomic E-state index is 0.0488. The summed E-state index contributed by atoms with van der Waals surface area (Å²) in [6.45, 7) is 0.723. The molecule has 1 heterocycles. The van der Waals surface area contributed by atoms with Gasteiger partial charge in [-0.15, -0.1) is 0 Å². The Balaban J connectivity index is 1.80. The van der Waals surface area contributed by atoms with Gasteiger partial charge in [0.2, 0.25) is 6.29 Å². The number of alkyl halides is 1. The predicted octanol–water partition coefficient (Wildman–Crippen LogP) is 5.36. The van der Waals surface area contributed by atoms with E-state index >= 15 is 0 Å². The maximum absolute atomic E-state index is 14.5. The summed E-state index contributed by atoms with van der Waals surface area (Å²) in [5.41, 5.74) is 10.5. The highest BCUT2D eigenvalue weighted by atomic mass is 19.1. The van der Waals surface area contributed by atoms with Crippen LogP contribution in [-0.4, -0.2) is 48.0 Å². The zero-order valence-electron chi connectivity index (χ0n) is 18.9. The number of carbonyl (C=O) groups is 1. The van der Waals surface area contributed by atoms with Gasteiger partial charge in [0.15, 0.2) is 5.90 Å². The van der Waals surface area contributed by atoms with Crippen LogP contribution in [0.3, 0.4) is 0 Å². The molecule has 1 aliphatic rings. The summed E-state index contributed by atoms with van der Waals surface area (Å²) < 4.78 is 31.3. The van der Waals surface area contributed by atoms with Crippen molar-refractivity contribution in [2.45, 2.75) is 57.4 Å². The van der Waals surface area contributed by atoms with Crippen LogP contribution in [-0.2, 0) is 27.4 Å². The second-order valence-electron chi connectivity index (χ2n) is 7.94. The maximum Gasteiger partial charge on any atom is 0.410 e. The van der Waals surface area contributed by atoms with Gasteiger partial charge in [-0.2, -0.15) is 0 Å². The summed E-state index contributed by atoms with van der Waals surface area (Å²) in [6.07, 6.45) is -1.75. The van der Waals surface area contributed by atoms with Crippen molar-refractivity contribution in [2.75, 3.05) is 6.67 Å². The number of hydrogen-bond donors (Lipinski definition) is 1. The summed E-state index contributed by atoms with van der Waals surface area (Å²) in [6, 6.07) is 16.8. The molecule has 0 aromatic heterocycles. The van der Waals surface area contributed by atoms with Crippen molar-refractivity contribution in [3.8, 4) is 0 Å². The van der Waals surface area contributed by atoms with Gasteiger partial charge < -0.3 is 14.2 Å². The van der Waals surface area contributed by atoms with Crippen molar-refractivity contribution in [2.24, 2.45) is 5.11 Å². The Kier molecular flexibility index (Phi) is 9.25. The average Bonchev–Trinajstić information content (AvgIpc) is 2.85. The topological polar surface area (TPSA) is 121 Å². The molecule has 4 atom stereocenters. The number of halogens is 1. The molecule has 1 unspecified atom stereocenters. The first-order valence-corrected chi connectivity index (χ1v) is 11.0. The Labute approximate surface area is 197 Å². The molecule has 0 radical (unpaired) electrons. The number of amides is 1. The lowest BCUT2D eigenvalue weighted by Crippen LogP contribution is -2.53. The number of ether oxygens (including phenoxy) is 3. The third-order valence-electron chi connectivity index (χ3n) is 5.49. The van der Waals surface area contributed by atoms with E-state index in [0.717, 1.165) is 11.1 Å². The first kappa shape index (κ1) is 25.0. The molecule has 1 aliphatic heterocycles. The van der Waals surface area contributed by atoms with E-state index in [1.165, 1.54) is 11.8 Å². The zero-order chi connectivity index (χ0) is 24.3. The smallest absolute Gasteiger partial charge is 0.410 e. The summed E-state index contributed by atoms with van der Waals surface area (Å²) in [5.74, 6) is -0.121. The van der Waals surface area contributed by atoms with Crippen molar-refractivity contribution in [1.29, 1.82) is 5.41 Å². The van der Waals surface area contributed by atoms with E-state index in [4.69, 9.17) is 25.2 Å². The van der Waals surface area contributed by atoms with E-state index in [-0.39, 0.29) is 19.0 Å². The van der Waals surface area contributed by atoms with Crippen LogP contribution in [0.2, 0.25) is 0 Å². The number of hydrogen-bond acceptors (Lipinski definition) is 6. The Morgan fingerprint density at radius 3 is 2.44 bits per heavy atom. The second-order valence-corrected chi connectivity index (χ2v) is 7.94. The molecule has 34 heavy (non-hydrogen) atoms. The highest BCUT2D eigenvalue weighted by Crippen LogP contribution is 2.29. The predicted molar refractivity (Wildman–Crippen MR) is 124 cm³/mol. The third kappa shape index (κ3) is 6.94. The molecular weight excluding hydrogens is 441 g/mol. The van der Waals surface area contributed by atoms with E-state index < -0.39 is 37.2 Å². The van der Waals surface area contributed by atoms with Crippen LogP contribution >= 0.6 is 0 Å². The Morgan fingerprint density at radius 1 is 1.21 bits per heavy atom. The van der Waals surface area contributed by atoms with E-state index in [1.54, 1.807) is 0 Å². The lowest BCUT2D eigenvalue weighted by atomic mass is 9.98. The van der Waals surface area contributed by atoms with Crippen molar-refractivity contribution in [3.63, 3.8) is 0 Å². The van der Waals surface area contributed by atoms with Crippen LogP contribution in [0.25, 0.3) is 10.4 Å². The highest BCUT2D eigenvalue weighted by molar-refractivity contribution is 5.69. The lowest BCUT2D eigenvalue weighted by Gasteiger charge is -2.40. The number of nitrogens with one attached hydrogen (secondary N) is 1. The molecule has 180 valence electrons. The molecule has 0 saturated carbocycles. The summed E-state index contributed by atoms with van der Waals surface area (Å²) in [5, 5.41) is 11.3. The van der Waals surface area contributed by atoms with Crippen LogP contribution in [0, 0.1) is 5.41 Å². The first-order valence-electron chi connectivity index (χ1n) is 11.0. The fourth-order valence-electron chi connectivity index (χ4n) is 3.83. The lowest BCUT2D eigenvalue weighted by molar-refractivity contribution is -0.182. The molecule has 9 nitrogen and oxygen atoms in total. The fourth-order valence-corrected chi connectivity index (χ4v) is 3.83. The molecule has 3 rings (SSSR count). The van der Waals surface area contributed by atoms with Gasteiger partial charge in [0.25, 0.3) is 0 Å². The minimum Gasteiger partial charge on any atom is -0.452 e. The fraction of sp³-hybridized carbons (Fsp3) is 0.417. The van der Waals surface area contributed by atoms with Crippen LogP contribution in [0.5, 0.6) is 0 Å². The van der Waals surface area contributed by atoms with Crippen LogP contribution in [0.4, 0.5) is 9.18 Å². The minimum atomic E-state index is -1.04. The quantitative estimate of drug-likeness (QED) is 0.175. The van der Waals surface area contributed by atoms with Gasteiger partial charge in [-0.3, -0.25) is 10.3 Å². The molecule has 10 heteroatoms. The van der Waals surface area contributed by atoms with Gasteiger partial charge in [0.05, 0.1) is 18.2 Å². The van der Waals surface area contributed by atoms with Crippen molar-refractivity contribution < 1.29 is 23.4 Å². The van der Waals surface area contributed by atoms with Gasteiger partial charge in [-0.1, -0.05) is 65.8 Å². The zero-order valence-corrected chi connectivity index (χ0v) is 18.9. The summed E-state index contributed by atoms with van der Waals surface area (Å²) >= 11 is 0. The number of nitrogens with zero attached hydrogens (tertiary/aromatic N) is 4. The van der Waals surface area contributed by atoms with Crippen LogP contribution < -0.4 is 0 Å². The molecule has 1 fully saturated rings. The van der Waals surface area contributed by atoms with E-state index in [0.29, 0.717) is 12.8 Å². The third-order valence-corrected chi connectivity index (χ3v) is 5.49. The monoisotopic (exact) mass is 469 g/mol. The standard InChI is InChI=1S/C24H28FN5O4/c1-17(26)33-23-20(28-29-27)12-13-22(34-23)21(14-25)30(15-18-8-4-2-5-9-18)24(31)32-16-19-10-6-3-7-11-19/h2-11,20-23,26H,12-16H2,1H3/t20-,21+,22-,23?/m0/s1. The number of benzene rings is 2. The number of azide groups is 1. The van der Waals surface area contributed by atoms with Gasteiger partial charge >= 0.3 is 6.09 Å². The average molecular weight is 470 g/mol. The summed E-state index contributed by atoms with van der Waals surface area (Å²) in [4.78, 5) is 17.3. The molecule has 0 spiro atoms. The van der Waals surface area contributed by atoms with Gasteiger partial charge in [0, 0.05) is 18.4 Å². The molecule has 2 aromatic rings. The normalized spacial score (nSPS) is 20.5. The van der Waals surface area contributed by atoms with Gasteiger partial charge in [0.1, 0.15) is 13.3 Å². The molecule has 1 amide bonds. The Hall–Kier alpha value is -3.62. The number of rotatable bonds is 9. The molecule has 0 bridgehead atoms. The maximum atomic E-state index is 14.5. The number of carbonyl (C=O) groups excluding carboxylic acids is 1.